The minimum Gasteiger partial charge on any atom is -0.347 e. The maximum absolute atomic E-state index is 3.51. The van der Waals surface area contributed by atoms with Gasteiger partial charge in [-0.2, -0.15) is 0 Å². The fraction of sp³-hybridized carbons (Fsp3) is 0.529. The number of para-hydroxylation sites is 1. The highest BCUT2D eigenvalue weighted by Gasteiger charge is 2.04. The summed E-state index contributed by atoms with van der Waals surface area (Å²) in [6, 6.07) is 8.85. The van der Waals surface area contributed by atoms with E-state index in [-0.39, 0.29) is 0 Å². The molecular formula is C17H26N2. The highest BCUT2D eigenvalue weighted by molar-refractivity contribution is 5.83. The molecule has 0 aliphatic heterocycles. The molecule has 0 radical (unpaired) electrons. The average molecular weight is 258 g/mol. The predicted octanol–water partition coefficient (Wildman–Crippen LogP) is 3.84. The van der Waals surface area contributed by atoms with Gasteiger partial charge in [0.1, 0.15) is 0 Å². The van der Waals surface area contributed by atoms with Crippen molar-refractivity contribution in [3.05, 3.63) is 36.0 Å². The second-order valence-corrected chi connectivity index (χ2v) is 5.67. The van der Waals surface area contributed by atoms with Crippen molar-refractivity contribution in [3.8, 4) is 0 Å². The first-order valence-electron chi connectivity index (χ1n) is 7.49. The van der Waals surface area contributed by atoms with Crippen molar-refractivity contribution in [2.45, 2.75) is 40.2 Å². The molecule has 1 heterocycles. The van der Waals surface area contributed by atoms with E-state index in [9.17, 15) is 0 Å². The van der Waals surface area contributed by atoms with Crippen molar-refractivity contribution >= 4 is 10.9 Å². The maximum Gasteiger partial charge on any atom is 0.0512 e. The van der Waals surface area contributed by atoms with Crippen molar-refractivity contribution in [2.24, 2.45) is 5.92 Å². The molecule has 0 fully saturated rings. The van der Waals surface area contributed by atoms with Crippen LogP contribution in [0.4, 0.5) is 0 Å². The molecule has 0 spiro atoms. The van der Waals surface area contributed by atoms with E-state index < -0.39 is 0 Å². The molecule has 0 aliphatic rings. The zero-order valence-electron chi connectivity index (χ0n) is 12.4. The number of hydrogen-bond donors (Lipinski definition) is 1. The van der Waals surface area contributed by atoms with E-state index in [0.717, 1.165) is 32.0 Å². The minimum atomic E-state index is 0.735. The van der Waals surface area contributed by atoms with Gasteiger partial charge in [0.15, 0.2) is 0 Å². The maximum atomic E-state index is 3.51. The molecule has 0 atom stereocenters. The van der Waals surface area contributed by atoms with Crippen LogP contribution in [0.25, 0.3) is 10.9 Å². The summed E-state index contributed by atoms with van der Waals surface area (Å²) in [5, 5.41) is 4.88. The Hall–Kier alpha value is -1.28. The standard InChI is InChI=1S/C17H26N2/c1-4-15-7-5-8-16-9-12-19(17(15)16)11-6-10-18-13-14(2)3/h5,7-9,12,14,18H,4,6,10-11,13H2,1-3H3. The van der Waals surface area contributed by atoms with E-state index >= 15 is 0 Å². The van der Waals surface area contributed by atoms with Crippen molar-refractivity contribution in [1.29, 1.82) is 0 Å². The van der Waals surface area contributed by atoms with Crippen LogP contribution in [0.15, 0.2) is 30.5 Å². The highest BCUT2D eigenvalue weighted by Crippen LogP contribution is 2.21. The summed E-state index contributed by atoms with van der Waals surface area (Å²) in [4.78, 5) is 0. The molecule has 2 heteroatoms. The summed E-state index contributed by atoms with van der Waals surface area (Å²) < 4.78 is 2.41. The summed E-state index contributed by atoms with van der Waals surface area (Å²) in [7, 11) is 0. The first-order chi connectivity index (χ1) is 9.22. The Morgan fingerprint density at radius 3 is 2.79 bits per heavy atom. The zero-order valence-corrected chi connectivity index (χ0v) is 12.4. The Balaban J connectivity index is 1.97. The van der Waals surface area contributed by atoms with Crippen molar-refractivity contribution in [3.63, 3.8) is 0 Å². The van der Waals surface area contributed by atoms with Crippen LogP contribution in [-0.4, -0.2) is 17.7 Å². The summed E-state index contributed by atoms with van der Waals surface area (Å²) in [6.07, 6.45) is 4.52. The molecule has 0 bridgehead atoms. The fourth-order valence-corrected chi connectivity index (χ4v) is 2.58. The number of benzene rings is 1. The predicted molar refractivity (Wildman–Crippen MR) is 83.6 cm³/mol. The van der Waals surface area contributed by atoms with Crippen LogP contribution in [0.5, 0.6) is 0 Å². The van der Waals surface area contributed by atoms with Crippen LogP contribution in [-0.2, 0) is 13.0 Å². The second kappa shape index (κ2) is 6.76. The van der Waals surface area contributed by atoms with Gasteiger partial charge in [-0.15, -0.1) is 0 Å². The number of aromatic nitrogens is 1. The van der Waals surface area contributed by atoms with E-state index in [1.54, 1.807) is 0 Å². The minimum absolute atomic E-state index is 0.735. The third kappa shape index (κ3) is 3.60. The molecule has 104 valence electrons. The van der Waals surface area contributed by atoms with Crippen molar-refractivity contribution in [2.75, 3.05) is 13.1 Å². The van der Waals surface area contributed by atoms with E-state index in [4.69, 9.17) is 0 Å². The summed E-state index contributed by atoms with van der Waals surface area (Å²) >= 11 is 0. The van der Waals surface area contributed by atoms with E-state index in [1.807, 2.05) is 0 Å². The lowest BCUT2D eigenvalue weighted by Crippen LogP contribution is -2.21. The Labute approximate surface area is 116 Å². The monoisotopic (exact) mass is 258 g/mol. The van der Waals surface area contributed by atoms with Crippen LogP contribution in [0, 0.1) is 5.92 Å². The molecule has 1 N–H and O–H groups in total. The largest absolute Gasteiger partial charge is 0.347 e. The number of nitrogens with zero attached hydrogens (tertiary/aromatic N) is 1. The zero-order chi connectivity index (χ0) is 13.7. The van der Waals surface area contributed by atoms with E-state index in [0.29, 0.717) is 0 Å². The van der Waals surface area contributed by atoms with Gasteiger partial charge in [0.2, 0.25) is 0 Å². The fourth-order valence-electron chi connectivity index (χ4n) is 2.58. The normalized spacial score (nSPS) is 11.6. The third-order valence-corrected chi connectivity index (χ3v) is 3.56. The number of fused-ring (bicyclic) bond motifs is 1. The Morgan fingerprint density at radius 2 is 2.05 bits per heavy atom. The van der Waals surface area contributed by atoms with Crippen LogP contribution < -0.4 is 5.32 Å². The average Bonchev–Trinajstić information content (AvgIpc) is 2.81. The van der Waals surface area contributed by atoms with Gasteiger partial charge in [0, 0.05) is 12.7 Å². The Kier molecular flexibility index (Phi) is 5.03. The number of hydrogen-bond acceptors (Lipinski definition) is 1. The topological polar surface area (TPSA) is 17.0 Å². The van der Waals surface area contributed by atoms with E-state index in [1.165, 1.54) is 22.9 Å². The molecule has 0 amide bonds. The molecule has 2 nitrogen and oxygen atoms in total. The second-order valence-electron chi connectivity index (χ2n) is 5.67. The van der Waals surface area contributed by atoms with Crippen molar-refractivity contribution < 1.29 is 0 Å². The number of aryl methyl sites for hydroxylation is 2. The molecule has 1 aromatic carbocycles. The molecule has 0 saturated carbocycles. The molecular weight excluding hydrogens is 232 g/mol. The third-order valence-electron chi connectivity index (χ3n) is 3.56. The summed E-state index contributed by atoms with van der Waals surface area (Å²) in [5.41, 5.74) is 2.88. The smallest absolute Gasteiger partial charge is 0.0512 e. The first-order valence-corrected chi connectivity index (χ1v) is 7.49. The first kappa shape index (κ1) is 14.1. The van der Waals surface area contributed by atoms with Gasteiger partial charge in [-0.1, -0.05) is 39.0 Å². The molecule has 0 saturated heterocycles. The van der Waals surface area contributed by atoms with Gasteiger partial charge in [-0.05, 0) is 48.9 Å². The molecule has 1 aromatic heterocycles. The molecule has 2 rings (SSSR count). The van der Waals surface area contributed by atoms with Gasteiger partial charge in [-0.3, -0.25) is 0 Å². The molecule has 2 aromatic rings. The van der Waals surface area contributed by atoms with Crippen LogP contribution in [0.1, 0.15) is 32.8 Å². The molecule has 0 aliphatic carbocycles. The van der Waals surface area contributed by atoms with Gasteiger partial charge in [0.25, 0.3) is 0 Å². The van der Waals surface area contributed by atoms with Gasteiger partial charge >= 0.3 is 0 Å². The lowest BCUT2D eigenvalue weighted by molar-refractivity contribution is 0.525. The summed E-state index contributed by atoms with van der Waals surface area (Å²) in [6.45, 7) is 10.1. The number of nitrogens with one attached hydrogen (secondary N) is 1. The Morgan fingerprint density at radius 1 is 1.21 bits per heavy atom. The highest BCUT2D eigenvalue weighted by atomic mass is 15.0. The van der Waals surface area contributed by atoms with E-state index in [2.05, 4.69) is 61.1 Å². The van der Waals surface area contributed by atoms with Gasteiger partial charge in [-0.25, -0.2) is 0 Å². The quantitative estimate of drug-likeness (QED) is 0.747. The van der Waals surface area contributed by atoms with Crippen LogP contribution in [0.3, 0.4) is 0 Å². The van der Waals surface area contributed by atoms with Crippen LogP contribution >= 0.6 is 0 Å². The van der Waals surface area contributed by atoms with Gasteiger partial charge < -0.3 is 9.88 Å². The van der Waals surface area contributed by atoms with Crippen molar-refractivity contribution in [1.82, 2.24) is 9.88 Å². The van der Waals surface area contributed by atoms with Crippen LogP contribution in [0.2, 0.25) is 0 Å². The SMILES string of the molecule is CCc1cccc2ccn(CCCNCC(C)C)c12. The number of rotatable bonds is 7. The van der Waals surface area contributed by atoms with Gasteiger partial charge in [0.05, 0.1) is 5.52 Å². The summed E-state index contributed by atoms with van der Waals surface area (Å²) in [5.74, 6) is 0.735. The lowest BCUT2D eigenvalue weighted by atomic mass is 10.1. The molecule has 19 heavy (non-hydrogen) atoms. The molecule has 0 unspecified atom stereocenters. The Bertz CT molecular complexity index is 511. The lowest BCUT2D eigenvalue weighted by Gasteiger charge is -2.10.